The number of aromatic amines is 1. The molecule has 3 rings (SSSR count). The first-order valence-electron chi connectivity index (χ1n) is 6.29. The van der Waals surface area contributed by atoms with Crippen molar-refractivity contribution in [1.82, 2.24) is 15.2 Å². The Kier molecular flexibility index (Phi) is 3.50. The number of nitrogen functional groups attached to an aromatic ring is 1. The number of hydrogen-bond acceptors (Lipinski definition) is 4. The number of halogens is 1. The van der Waals surface area contributed by atoms with Gasteiger partial charge in [-0.3, -0.25) is 10.1 Å². The van der Waals surface area contributed by atoms with Crippen LogP contribution in [0.2, 0.25) is 5.02 Å². The van der Waals surface area contributed by atoms with Gasteiger partial charge < -0.3 is 10.5 Å². The van der Waals surface area contributed by atoms with E-state index >= 15 is 0 Å². The number of aromatic nitrogens is 3. The van der Waals surface area contributed by atoms with Gasteiger partial charge in [-0.15, -0.1) is 0 Å². The summed E-state index contributed by atoms with van der Waals surface area (Å²) in [4.78, 5) is 4.12. The molecule has 2 heterocycles. The van der Waals surface area contributed by atoms with Gasteiger partial charge in [-0.05, 0) is 24.3 Å². The van der Waals surface area contributed by atoms with E-state index in [1.54, 1.807) is 25.6 Å². The molecular formula is C15H13ClN4O. The van der Waals surface area contributed by atoms with Gasteiger partial charge in [0.15, 0.2) is 5.82 Å². The molecule has 0 aliphatic heterocycles. The molecule has 0 saturated heterocycles. The van der Waals surface area contributed by atoms with E-state index in [9.17, 15) is 0 Å². The van der Waals surface area contributed by atoms with Crippen LogP contribution in [0.4, 0.5) is 5.82 Å². The molecule has 0 fully saturated rings. The molecule has 5 nitrogen and oxygen atoms in total. The molecule has 0 aliphatic carbocycles. The lowest BCUT2D eigenvalue weighted by Gasteiger charge is -2.09. The van der Waals surface area contributed by atoms with Crippen molar-refractivity contribution in [2.24, 2.45) is 0 Å². The minimum absolute atomic E-state index is 0.403. The zero-order valence-corrected chi connectivity index (χ0v) is 12.1. The van der Waals surface area contributed by atoms with Crippen LogP contribution >= 0.6 is 11.6 Å². The topological polar surface area (TPSA) is 76.8 Å². The molecule has 0 spiro atoms. The lowest BCUT2D eigenvalue weighted by Crippen LogP contribution is -1.92. The molecule has 0 atom stereocenters. The molecule has 2 aromatic heterocycles. The van der Waals surface area contributed by atoms with Gasteiger partial charge in [-0.1, -0.05) is 17.7 Å². The molecule has 0 saturated carbocycles. The molecule has 3 aromatic rings. The molecule has 6 heteroatoms. The van der Waals surface area contributed by atoms with Crippen molar-refractivity contribution < 1.29 is 4.74 Å². The molecule has 106 valence electrons. The van der Waals surface area contributed by atoms with E-state index in [-0.39, 0.29) is 0 Å². The zero-order chi connectivity index (χ0) is 14.8. The number of nitrogens with zero attached hydrogens (tertiary/aromatic N) is 2. The average molecular weight is 301 g/mol. The third-order valence-electron chi connectivity index (χ3n) is 3.18. The number of nitrogens with one attached hydrogen (secondary N) is 1. The predicted molar refractivity (Wildman–Crippen MR) is 83.2 cm³/mol. The van der Waals surface area contributed by atoms with E-state index in [0.29, 0.717) is 16.6 Å². The number of rotatable bonds is 3. The van der Waals surface area contributed by atoms with E-state index in [0.717, 1.165) is 22.4 Å². The molecule has 21 heavy (non-hydrogen) atoms. The smallest absolute Gasteiger partial charge is 0.153 e. The summed E-state index contributed by atoms with van der Waals surface area (Å²) in [5, 5.41) is 7.66. The van der Waals surface area contributed by atoms with Gasteiger partial charge in [0.2, 0.25) is 0 Å². The van der Waals surface area contributed by atoms with Gasteiger partial charge >= 0.3 is 0 Å². The second-order valence-electron chi connectivity index (χ2n) is 4.45. The Morgan fingerprint density at radius 1 is 1.29 bits per heavy atom. The number of pyridine rings is 1. The van der Waals surface area contributed by atoms with Crippen molar-refractivity contribution in [2.75, 3.05) is 12.8 Å². The highest BCUT2D eigenvalue weighted by atomic mass is 35.5. The fourth-order valence-corrected chi connectivity index (χ4v) is 2.40. The van der Waals surface area contributed by atoms with Crippen LogP contribution in [0, 0.1) is 0 Å². The Morgan fingerprint density at radius 3 is 2.86 bits per heavy atom. The Bertz CT molecular complexity index is 771. The molecule has 0 amide bonds. The Balaban J connectivity index is 2.24. The Hall–Kier alpha value is -2.53. The first kappa shape index (κ1) is 13.5. The van der Waals surface area contributed by atoms with Crippen LogP contribution in [0.25, 0.3) is 22.4 Å². The number of benzene rings is 1. The van der Waals surface area contributed by atoms with E-state index in [2.05, 4.69) is 15.2 Å². The van der Waals surface area contributed by atoms with Crippen molar-refractivity contribution in [1.29, 1.82) is 0 Å². The van der Waals surface area contributed by atoms with Crippen LogP contribution in [0.3, 0.4) is 0 Å². The van der Waals surface area contributed by atoms with Gasteiger partial charge in [0.25, 0.3) is 0 Å². The van der Waals surface area contributed by atoms with E-state index in [1.165, 1.54) is 0 Å². The number of hydrogen-bond donors (Lipinski definition) is 2. The van der Waals surface area contributed by atoms with Crippen LogP contribution in [0.15, 0.2) is 42.7 Å². The minimum Gasteiger partial charge on any atom is -0.496 e. The third kappa shape index (κ3) is 2.43. The van der Waals surface area contributed by atoms with Crippen LogP contribution in [-0.4, -0.2) is 22.3 Å². The standard InChI is InChI=1S/C15H13ClN4O/c1-21-12-5-4-10(16)7-11(12)14-13(15(17)20-19-14)9-3-2-6-18-8-9/h2-8H,1H3,(H3,17,19,20). The quantitative estimate of drug-likeness (QED) is 0.777. The number of methoxy groups -OCH3 is 1. The molecule has 1 aromatic carbocycles. The molecule has 0 radical (unpaired) electrons. The number of nitrogens with two attached hydrogens (primary N) is 1. The van der Waals surface area contributed by atoms with Crippen molar-refractivity contribution >= 4 is 17.4 Å². The maximum Gasteiger partial charge on any atom is 0.153 e. The Morgan fingerprint density at radius 2 is 2.14 bits per heavy atom. The summed E-state index contributed by atoms with van der Waals surface area (Å²) in [6.45, 7) is 0. The third-order valence-corrected chi connectivity index (χ3v) is 3.41. The summed E-state index contributed by atoms with van der Waals surface area (Å²) in [6.07, 6.45) is 3.45. The van der Waals surface area contributed by atoms with Crippen molar-refractivity contribution in [2.45, 2.75) is 0 Å². The van der Waals surface area contributed by atoms with Gasteiger partial charge in [0.05, 0.1) is 18.4 Å². The van der Waals surface area contributed by atoms with Crippen molar-refractivity contribution in [3.63, 3.8) is 0 Å². The lowest BCUT2D eigenvalue weighted by molar-refractivity contribution is 0.416. The average Bonchev–Trinajstić information content (AvgIpc) is 2.89. The van der Waals surface area contributed by atoms with E-state index in [4.69, 9.17) is 22.1 Å². The van der Waals surface area contributed by atoms with Crippen LogP contribution < -0.4 is 10.5 Å². The number of anilines is 1. The maximum atomic E-state index is 6.10. The van der Waals surface area contributed by atoms with Gasteiger partial charge in [-0.2, -0.15) is 5.10 Å². The highest BCUT2D eigenvalue weighted by Gasteiger charge is 2.18. The molecule has 0 unspecified atom stereocenters. The van der Waals surface area contributed by atoms with Gasteiger partial charge in [0.1, 0.15) is 5.75 Å². The largest absolute Gasteiger partial charge is 0.496 e. The molecule has 0 bridgehead atoms. The summed E-state index contributed by atoms with van der Waals surface area (Å²) < 4.78 is 5.39. The second-order valence-corrected chi connectivity index (χ2v) is 4.88. The van der Waals surface area contributed by atoms with Gasteiger partial charge in [0, 0.05) is 28.5 Å². The monoisotopic (exact) mass is 300 g/mol. The summed E-state index contributed by atoms with van der Waals surface area (Å²) in [6, 6.07) is 9.16. The fraction of sp³-hybridized carbons (Fsp3) is 0.0667. The first-order valence-corrected chi connectivity index (χ1v) is 6.66. The van der Waals surface area contributed by atoms with Crippen LogP contribution in [0.1, 0.15) is 0 Å². The number of H-pyrrole nitrogens is 1. The van der Waals surface area contributed by atoms with E-state index in [1.807, 2.05) is 24.3 Å². The molecule has 0 aliphatic rings. The zero-order valence-electron chi connectivity index (χ0n) is 11.3. The predicted octanol–water partition coefficient (Wildman–Crippen LogP) is 3.38. The van der Waals surface area contributed by atoms with Crippen molar-refractivity contribution in [3.8, 4) is 28.1 Å². The SMILES string of the molecule is COc1ccc(Cl)cc1-c1[nH]nc(N)c1-c1cccnc1. The van der Waals surface area contributed by atoms with E-state index < -0.39 is 0 Å². The molecular weight excluding hydrogens is 288 g/mol. The summed E-state index contributed by atoms with van der Waals surface area (Å²) >= 11 is 6.10. The lowest BCUT2D eigenvalue weighted by atomic mass is 10.0. The summed E-state index contributed by atoms with van der Waals surface area (Å²) in [7, 11) is 1.61. The maximum absolute atomic E-state index is 6.10. The fourth-order valence-electron chi connectivity index (χ4n) is 2.23. The first-order chi connectivity index (χ1) is 10.2. The minimum atomic E-state index is 0.403. The van der Waals surface area contributed by atoms with Crippen LogP contribution in [0.5, 0.6) is 5.75 Å². The van der Waals surface area contributed by atoms with Gasteiger partial charge in [-0.25, -0.2) is 0 Å². The number of ether oxygens (including phenoxy) is 1. The van der Waals surface area contributed by atoms with Crippen LogP contribution in [-0.2, 0) is 0 Å². The highest BCUT2D eigenvalue weighted by molar-refractivity contribution is 6.31. The highest BCUT2D eigenvalue weighted by Crippen LogP contribution is 2.39. The Labute approximate surface area is 126 Å². The summed E-state index contributed by atoms with van der Waals surface area (Å²) in [5.74, 6) is 1.09. The second kappa shape index (κ2) is 5.46. The molecule has 3 N–H and O–H groups in total. The summed E-state index contributed by atoms with van der Waals surface area (Å²) in [5.41, 5.74) is 9.20. The van der Waals surface area contributed by atoms with Crippen molar-refractivity contribution in [3.05, 3.63) is 47.7 Å². The normalized spacial score (nSPS) is 10.6.